The van der Waals surface area contributed by atoms with Crippen LogP contribution in [-0.2, 0) is 0 Å². The zero-order valence-corrected chi connectivity index (χ0v) is 11.8. The summed E-state index contributed by atoms with van der Waals surface area (Å²) in [5.41, 5.74) is 1.64. The molecule has 1 N–H and O–H groups in total. The van der Waals surface area contributed by atoms with E-state index in [4.69, 9.17) is 0 Å². The second kappa shape index (κ2) is 5.44. The van der Waals surface area contributed by atoms with Crippen LogP contribution in [0.2, 0.25) is 0 Å². The number of nitrogens with one attached hydrogen (secondary N) is 1. The summed E-state index contributed by atoms with van der Waals surface area (Å²) in [5, 5.41) is 3.17. The highest BCUT2D eigenvalue weighted by Gasteiger charge is 2.10. The number of hydrogen-bond donors (Lipinski definition) is 1. The lowest BCUT2D eigenvalue weighted by molar-refractivity contribution is 0.628. The predicted molar refractivity (Wildman–Crippen MR) is 74.0 cm³/mol. The normalized spacial score (nSPS) is 10.4. The van der Waals surface area contributed by atoms with E-state index in [-0.39, 0.29) is 5.82 Å². The Hall–Kier alpha value is -1.49. The summed E-state index contributed by atoms with van der Waals surface area (Å²) in [7, 11) is 0. The molecule has 0 saturated heterocycles. The standard InChI is InChI=1S/C13H13BrFN3/c1-3-16-13-11(14)8(2)17-12(18-13)9-4-6-10(15)7-5-9/h4-7H,3H2,1-2H3,(H,16,17,18). The molecule has 0 bridgehead atoms. The van der Waals surface area contributed by atoms with Gasteiger partial charge in [-0.2, -0.15) is 0 Å². The number of hydrogen-bond acceptors (Lipinski definition) is 3. The van der Waals surface area contributed by atoms with E-state index in [9.17, 15) is 4.39 Å². The molecule has 1 aromatic heterocycles. The van der Waals surface area contributed by atoms with Crippen molar-refractivity contribution in [3.05, 3.63) is 40.2 Å². The summed E-state index contributed by atoms with van der Waals surface area (Å²) in [4.78, 5) is 8.83. The fourth-order valence-electron chi connectivity index (χ4n) is 1.57. The minimum absolute atomic E-state index is 0.264. The highest BCUT2D eigenvalue weighted by molar-refractivity contribution is 9.10. The number of benzene rings is 1. The summed E-state index contributed by atoms with van der Waals surface area (Å²) in [6, 6.07) is 6.16. The molecule has 1 heterocycles. The molecule has 0 spiro atoms. The number of aryl methyl sites for hydroxylation is 1. The van der Waals surface area contributed by atoms with E-state index in [0.29, 0.717) is 5.82 Å². The average molecular weight is 310 g/mol. The van der Waals surface area contributed by atoms with Crippen molar-refractivity contribution in [2.45, 2.75) is 13.8 Å². The van der Waals surface area contributed by atoms with Crippen LogP contribution in [0.5, 0.6) is 0 Å². The van der Waals surface area contributed by atoms with Gasteiger partial charge in [-0.1, -0.05) is 0 Å². The van der Waals surface area contributed by atoms with Gasteiger partial charge in [-0.05, 0) is 54.0 Å². The highest BCUT2D eigenvalue weighted by Crippen LogP contribution is 2.26. The molecule has 0 amide bonds. The largest absolute Gasteiger partial charge is 0.369 e. The Balaban J connectivity index is 2.48. The average Bonchev–Trinajstić information content (AvgIpc) is 2.36. The summed E-state index contributed by atoms with van der Waals surface area (Å²) < 4.78 is 13.7. The molecule has 0 saturated carbocycles. The molecule has 0 aliphatic rings. The van der Waals surface area contributed by atoms with Crippen LogP contribution >= 0.6 is 15.9 Å². The molecule has 94 valence electrons. The van der Waals surface area contributed by atoms with Crippen LogP contribution in [0.25, 0.3) is 11.4 Å². The van der Waals surface area contributed by atoms with Gasteiger partial charge in [0, 0.05) is 12.1 Å². The van der Waals surface area contributed by atoms with Crippen molar-refractivity contribution in [2.75, 3.05) is 11.9 Å². The first-order chi connectivity index (χ1) is 8.61. The fraction of sp³-hybridized carbons (Fsp3) is 0.231. The molecule has 2 rings (SSSR count). The number of nitrogens with zero attached hydrogens (tertiary/aromatic N) is 2. The van der Waals surface area contributed by atoms with Crippen LogP contribution < -0.4 is 5.32 Å². The SMILES string of the molecule is CCNc1nc(-c2ccc(F)cc2)nc(C)c1Br. The van der Waals surface area contributed by atoms with Gasteiger partial charge in [0.15, 0.2) is 5.82 Å². The maximum atomic E-state index is 12.9. The molecule has 0 aliphatic carbocycles. The minimum Gasteiger partial charge on any atom is -0.369 e. The van der Waals surface area contributed by atoms with Crippen molar-refractivity contribution in [3.8, 4) is 11.4 Å². The minimum atomic E-state index is -0.264. The fourth-order valence-corrected chi connectivity index (χ4v) is 1.89. The second-order valence-corrected chi connectivity index (χ2v) is 4.63. The Bertz CT molecular complexity index is 555. The van der Waals surface area contributed by atoms with Crippen molar-refractivity contribution >= 4 is 21.7 Å². The number of rotatable bonds is 3. The Morgan fingerprint density at radius 1 is 1.22 bits per heavy atom. The lowest BCUT2D eigenvalue weighted by atomic mass is 10.2. The number of aromatic nitrogens is 2. The van der Waals surface area contributed by atoms with Crippen molar-refractivity contribution < 1.29 is 4.39 Å². The van der Waals surface area contributed by atoms with Crippen molar-refractivity contribution in [1.29, 1.82) is 0 Å². The van der Waals surface area contributed by atoms with Crippen LogP contribution in [0.1, 0.15) is 12.6 Å². The molecule has 1 aromatic carbocycles. The summed E-state index contributed by atoms with van der Waals surface area (Å²) >= 11 is 3.45. The van der Waals surface area contributed by atoms with E-state index in [0.717, 1.165) is 28.1 Å². The topological polar surface area (TPSA) is 37.8 Å². The maximum Gasteiger partial charge on any atom is 0.161 e. The smallest absolute Gasteiger partial charge is 0.161 e. The van der Waals surface area contributed by atoms with Gasteiger partial charge in [0.25, 0.3) is 0 Å². The van der Waals surface area contributed by atoms with E-state index in [1.165, 1.54) is 12.1 Å². The van der Waals surface area contributed by atoms with Gasteiger partial charge in [-0.25, -0.2) is 14.4 Å². The van der Waals surface area contributed by atoms with Gasteiger partial charge < -0.3 is 5.32 Å². The first-order valence-corrected chi connectivity index (χ1v) is 6.45. The number of anilines is 1. The van der Waals surface area contributed by atoms with Gasteiger partial charge in [0.1, 0.15) is 11.6 Å². The molecular weight excluding hydrogens is 297 g/mol. The van der Waals surface area contributed by atoms with Crippen molar-refractivity contribution in [2.24, 2.45) is 0 Å². The molecule has 0 unspecified atom stereocenters. The molecule has 0 aliphatic heterocycles. The quantitative estimate of drug-likeness (QED) is 0.937. The molecule has 2 aromatic rings. The summed E-state index contributed by atoms with van der Waals surface area (Å²) in [5.74, 6) is 1.08. The van der Waals surface area contributed by atoms with Crippen LogP contribution in [0.3, 0.4) is 0 Å². The third-order valence-corrected chi connectivity index (χ3v) is 3.41. The molecule has 3 nitrogen and oxygen atoms in total. The zero-order chi connectivity index (χ0) is 13.1. The first-order valence-electron chi connectivity index (χ1n) is 5.65. The third-order valence-electron chi connectivity index (χ3n) is 2.46. The highest BCUT2D eigenvalue weighted by atomic mass is 79.9. The van der Waals surface area contributed by atoms with Gasteiger partial charge in [-0.3, -0.25) is 0 Å². The van der Waals surface area contributed by atoms with E-state index >= 15 is 0 Å². The van der Waals surface area contributed by atoms with Crippen molar-refractivity contribution in [3.63, 3.8) is 0 Å². The Labute approximate surface area is 114 Å². The Kier molecular flexibility index (Phi) is 3.91. The van der Waals surface area contributed by atoms with E-state index in [1.807, 2.05) is 13.8 Å². The first kappa shape index (κ1) is 13.0. The van der Waals surface area contributed by atoms with Crippen LogP contribution in [0, 0.1) is 12.7 Å². The summed E-state index contributed by atoms with van der Waals surface area (Å²) in [6.07, 6.45) is 0. The molecule has 0 radical (unpaired) electrons. The lowest BCUT2D eigenvalue weighted by Gasteiger charge is -2.10. The van der Waals surface area contributed by atoms with Crippen LogP contribution in [0.15, 0.2) is 28.7 Å². The zero-order valence-electron chi connectivity index (χ0n) is 10.2. The summed E-state index contributed by atoms with van der Waals surface area (Å²) in [6.45, 7) is 4.68. The lowest BCUT2D eigenvalue weighted by Crippen LogP contribution is -2.04. The van der Waals surface area contributed by atoms with E-state index in [2.05, 4.69) is 31.2 Å². The van der Waals surface area contributed by atoms with Crippen molar-refractivity contribution in [1.82, 2.24) is 9.97 Å². The van der Waals surface area contributed by atoms with Crippen LogP contribution in [-0.4, -0.2) is 16.5 Å². The maximum absolute atomic E-state index is 12.9. The predicted octanol–water partition coefficient (Wildman–Crippen LogP) is 3.79. The second-order valence-electron chi connectivity index (χ2n) is 3.83. The number of halogens is 2. The molecule has 5 heteroatoms. The third kappa shape index (κ3) is 2.67. The molecule has 18 heavy (non-hydrogen) atoms. The van der Waals surface area contributed by atoms with Crippen LogP contribution in [0.4, 0.5) is 10.2 Å². The molecule has 0 fully saturated rings. The van der Waals surface area contributed by atoms with Gasteiger partial charge >= 0.3 is 0 Å². The Morgan fingerprint density at radius 3 is 2.50 bits per heavy atom. The molecule has 0 atom stereocenters. The van der Waals surface area contributed by atoms with E-state index < -0.39 is 0 Å². The van der Waals surface area contributed by atoms with Gasteiger partial charge in [0.2, 0.25) is 0 Å². The molecular formula is C13H13BrFN3. The monoisotopic (exact) mass is 309 g/mol. The van der Waals surface area contributed by atoms with Gasteiger partial charge in [0.05, 0.1) is 10.2 Å². The van der Waals surface area contributed by atoms with E-state index in [1.54, 1.807) is 12.1 Å². The Morgan fingerprint density at radius 2 is 1.89 bits per heavy atom. The van der Waals surface area contributed by atoms with Gasteiger partial charge in [-0.15, -0.1) is 0 Å².